The zero-order valence-electron chi connectivity index (χ0n) is 13.2. The maximum Gasteiger partial charge on any atom is 0.306 e. The molecule has 0 saturated heterocycles. The van der Waals surface area contributed by atoms with E-state index in [1.54, 1.807) is 0 Å². The van der Waals surface area contributed by atoms with E-state index < -0.39 is 18.2 Å². The summed E-state index contributed by atoms with van der Waals surface area (Å²) in [5.41, 5.74) is 13.5. The van der Waals surface area contributed by atoms with Gasteiger partial charge < -0.3 is 16.6 Å². The van der Waals surface area contributed by atoms with Crippen molar-refractivity contribution in [2.75, 3.05) is 6.54 Å². The third-order valence-electron chi connectivity index (χ3n) is 3.79. The fourth-order valence-corrected chi connectivity index (χ4v) is 2.87. The van der Waals surface area contributed by atoms with Crippen molar-refractivity contribution in [3.63, 3.8) is 0 Å². The van der Waals surface area contributed by atoms with Crippen molar-refractivity contribution in [1.29, 1.82) is 0 Å². The van der Waals surface area contributed by atoms with Crippen LogP contribution in [-0.2, 0) is 14.4 Å². The summed E-state index contributed by atoms with van der Waals surface area (Å²) in [6.45, 7) is 5.01. The molecular weight excluding hydrogens is 302 g/mol. The lowest BCUT2D eigenvalue weighted by Gasteiger charge is -2.26. The Labute approximate surface area is 135 Å². The van der Waals surface area contributed by atoms with Crippen LogP contribution in [0, 0.1) is 11.8 Å². The molecule has 130 valence electrons. The van der Waals surface area contributed by atoms with Gasteiger partial charge in [0, 0.05) is 19.4 Å². The Bertz CT molecular complexity index is 468. The van der Waals surface area contributed by atoms with E-state index in [1.165, 1.54) is 18.0 Å². The maximum absolute atomic E-state index is 12.4. The quantitative estimate of drug-likeness (QED) is 0.222. The number of nitrogens with one attached hydrogen (secondary N) is 2. The summed E-state index contributed by atoms with van der Waals surface area (Å²) >= 11 is 0. The Hall–Kier alpha value is -1.97. The Balaban J connectivity index is 2.76. The molecule has 0 aromatic heterocycles. The lowest BCUT2D eigenvalue weighted by Crippen LogP contribution is -2.52. The third kappa shape index (κ3) is 5.97. The van der Waals surface area contributed by atoms with Gasteiger partial charge in [0.25, 0.3) is 0 Å². The first-order valence-electron chi connectivity index (χ1n) is 7.43. The number of carboxylic acid groups (broad SMARTS) is 1. The largest absolute Gasteiger partial charge is 0.481 e. The molecule has 9 heteroatoms. The van der Waals surface area contributed by atoms with Gasteiger partial charge >= 0.3 is 5.97 Å². The lowest BCUT2D eigenvalue weighted by molar-refractivity contribution is -0.142. The van der Waals surface area contributed by atoms with E-state index >= 15 is 0 Å². The van der Waals surface area contributed by atoms with E-state index in [4.69, 9.17) is 11.5 Å². The minimum absolute atomic E-state index is 0.0856. The van der Waals surface area contributed by atoms with Crippen LogP contribution in [0.3, 0.4) is 0 Å². The molecule has 0 heterocycles. The Morgan fingerprint density at radius 1 is 1.39 bits per heavy atom. The molecule has 0 aromatic carbocycles. The van der Waals surface area contributed by atoms with Gasteiger partial charge in [0.15, 0.2) is 0 Å². The van der Waals surface area contributed by atoms with Crippen molar-refractivity contribution in [1.82, 2.24) is 15.8 Å². The van der Waals surface area contributed by atoms with E-state index in [1.807, 2.05) is 0 Å². The van der Waals surface area contributed by atoms with Crippen LogP contribution in [0.25, 0.3) is 0 Å². The Morgan fingerprint density at radius 3 is 2.52 bits per heavy atom. The lowest BCUT2D eigenvalue weighted by atomic mass is 9.98. The van der Waals surface area contributed by atoms with Crippen LogP contribution in [0.15, 0.2) is 12.7 Å². The van der Waals surface area contributed by atoms with Crippen molar-refractivity contribution >= 4 is 17.8 Å². The molecule has 1 fully saturated rings. The Morgan fingerprint density at radius 2 is 2.04 bits per heavy atom. The molecule has 9 nitrogen and oxygen atoms in total. The predicted octanol–water partition coefficient (Wildman–Crippen LogP) is -1.29. The molecular formula is C14H25N5O4. The van der Waals surface area contributed by atoms with E-state index in [2.05, 4.69) is 17.3 Å². The average Bonchev–Trinajstić information content (AvgIpc) is 2.80. The van der Waals surface area contributed by atoms with Crippen molar-refractivity contribution in [2.24, 2.45) is 23.3 Å². The summed E-state index contributed by atoms with van der Waals surface area (Å²) < 4.78 is 0. The molecule has 1 saturated carbocycles. The summed E-state index contributed by atoms with van der Waals surface area (Å²) in [4.78, 5) is 34.7. The molecule has 1 aliphatic rings. The van der Waals surface area contributed by atoms with E-state index in [-0.39, 0.29) is 36.7 Å². The van der Waals surface area contributed by atoms with E-state index in [9.17, 15) is 19.5 Å². The zero-order valence-corrected chi connectivity index (χ0v) is 13.2. The fraction of sp³-hybridized carbons (Fsp3) is 0.643. The smallest absolute Gasteiger partial charge is 0.306 e. The first-order chi connectivity index (χ1) is 10.7. The van der Waals surface area contributed by atoms with Gasteiger partial charge in [0.1, 0.15) is 6.29 Å². The molecule has 0 aliphatic heterocycles. The van der Waals surface area contributed by atoms with Crippen molar-refractivity contribution in [2.45, 2.75) is 38.5 Å². The summed E-state index contributed by atoms with van der Waals surface area (Å²) in [6, 6.07) is -0.261. The minimum Gasteiger partial charge on any atom is -0.481 e. The van der Waals surface area contributed by atoms with Crippen molar-refractivity contribution in [3.8, 4) is 0 Å². The van der Waals surface area contributed by atoms with Gasteiger partial charge in [0.05, 0.1) is 12.5 Å². The average molecular weight is 327 g/mol. The number of carbonyl (C=O) groups excluding carboxylic acids is 2. The highest BCUT2D eigenvalue weighted by atomic mass is 16.4. The highest BCUT2D eigenvalue weighted by Crippen LogP contribution is 2.34. The minimum atomic E-state index is -0.901. The van der Waals surface area contributed by atoms with Gasteiger partial charge in [-0.05, 0) is 18.8 Å². The van der Waals surface area contributed by atoms with Crippen molar-refractivity contribution in [3.05, 3.63) is 12.7 Å². The highest BCUT2D eigenvalue weighted by molar-refractivity contribution is 5.81. The number of hydrogen-bond acceptors (Lipinski definition) is 6. The third-order valence-corrected chi connectivity index (χ3v) is 3.79. The molecule has 3 unspecified atom stereocenters. The molecule has 0 bridgehead atoms. The summed E-state index contributed by atoms with van der Waals surface area (Å²) in [5.74, 6) is -2.35. The topological polar surface area (TPSA) is 151 Å². The molecule has 1 aliphatic carbocycles. The summed E-state index contributed by atoms with van der Waals surface area (Å²) in [5, 5.41) is 13.3. The summed E-state index contributed by atoms with van der Waals surface area (Å²) in [7, 11) is 0. The number of carbonyl (C=O) groups is 3. The molecule has 7 N–H and O–H groups in total. The van der Waals surface area contributed by atoms with Gasteiger partial charge in [-0.15, -0.1) is 6.58 Å². The number of nitrogens with two attached hydrogens (primary N) is 2. The van der Waals surface area contributed by atoms with Crippen LogP contribution >= 0.6 is 0 Å². The van der Waals surface area contributed by atoms with E-state index in [0.717, 1.165) is 0 Å². The molecule has 0 radical (unpaired) electrons. The number of aliphatic carboxylic acids is 1. The van der Waals surface area contributed by atoms with E-state index in [0.29, 0.717) is 12.8 Å². The normalized spacial score (nSPS) is 23.6. The van der Waals surface area contributed by atoms with Crippen LogP contribution in [0.2, 0.25) is 0 Å². The molecule has 1 rings (SSSR count). The zero-order chi connectivity index (χ0) is 17.6. The number of hydrazine groups is 1. The summed E-state index contributed by atoms with van der Waals surface area (Å²) in [6.07, 6.45) is 1.51. The molecule has 3 atom stereocenters. The van der Waals surface area contributed by atoms with Crippen molar-refractivity contribution < 1.29 is 19.5 Å². The first-order valence-corrected chi connectivity index (χ1v) is 7.43. The number of carboxylic acids is 1. The number of nitrogens with zero attached hydrogens (tertiary/aromatic N) is 1. The first kappa shape index (κ1) is 19.1. The molecule has 23 heavy (non-hydrogen) atoms. The predicted molar refractivity (Wildman–Crippen MR) is 83.3 cm³/mol. The van der Waals surface area contributed by atoms with Gasteiger partial charge in [0.2, 0.25) is 11.8 Å². The molecule has 0 spiro atoms. The number of amides is 2. The van der Waals surface area contributed by atoms with Crippen LogP contribution in [0.4, 0.5) is 0 Å². The van der Waals surface area contributed by atoms with Crippen LogP contribution < -0.4 is 22.2 Å². The standard InChI is InChI=1S/C14H25N5O4/c1-3-4-19(18-8(2)20)12(21)7-9-5-10(13(22)23)6-11(9)17-14(15)16/h3,9-11,14,17H,1,4-7,15-16H2,2H3,(H,18,20)(H,22,23). The Kier molecular flexibility index (Phi) is 7.14. The fourth-order valence-electron chi connectivity index (χ4n) is 2.87. The van der Waals surface area contributed by atoms with Gasteiger partial charge in [-0.3, -0.25) is 30.1 Å². The monoisotopic (exact) mass is 327 g/mol. The van der Waals surface area contributed by atoms with Gasteiger partial charge in [-0.2, -0.15) is 0 Å². The SMILES string of the molecule is C=CCN(NC(C)=O)C(=O)CC1CC(C(=O)O)CC1NC(N)N. The van der Waals surface area contributed by atoms with Crippen LogP contribution in [0.5, 0.6) is 0 Å². The van der Waals surface area contributed by atoms with Crippen LogP contribution in [0.1, 0.15) is 26.2 Å². The number of hydrogen-bond donors (Lipinski definition) is 5. The highest BCUT2D eigenvalue weighted by Gasteiger charge is 2.39. The number of rotatable bonds is 7. The van der Waals surface area contributed by atoms with Crippen LogP contribution in [-0.4, -0.2) is 46.8 Å². The second-order valence-electron chi connectivity index (χ2n) is 5.73. The van der Waals surface area contributed by atoms with Gasteiger partial charge in [-0.1, -0.05) is 6.08 Å². The molecule has 2 amide bonds. The molecule has 0 aromatic rings. The maximum atomic E-state index is 12.4. The second-order valence-corrected chi connectivity index (χ2v) is 5.73. The van der Waals surface area contributed by atoms with Gasteiger partial charge in [-0.25, -0.2) is 0 Å². The second kappa shape index (κ2) is 8.61.